The van der Waals surface area contributed by atoms with Crippen LogP contribution in [-0.2, 0) is 26.2 Å². The summed E-state index contributed by atoms with van der Waals surface area (Å²) in [4.78, 5) is 28.7. The van der Waals surface area contributed by atoms with Crippen LogP contribution in [-0.4, -0.2) is 57.1 Å². The topological polar surface area (TPSA) is 96.0 Å². The van der Waals surface area contributed by atoms with Crippen molar-refractivity contribution >= 4 is 62.3 Å². The smallest absolute Gasteiger partial charge is 0.243 e. The van der Waals surface area contributed by atoms with Crippen molar-refractivity contribution in [2.45, 2.75) is 76.9 Å². The molecule has 0 heterocycles. The fraction of sp³-hybridized carbons (Fsp3) is 0.517. The molecule has 0 saturated heterocycles. The maximum Gasteiger partial charge on any atom is 0.243 e. The Labute approximate surface area is 258 Å². The highest BCUT2D eigenvalue weighted by atomic mass is 35.5. The van der Waals surface area contributed by atoms with E-state index < -0.39 is 16.1 Å². The normalized spacial score (nSPS) is 14.8. The number of benzene rings is 2. The third-order valence-electron chi connectivity index (χ3n) is 7.27. The molecule has 0 aromatic heterocycles. The minimum Gasteiger partial charge on any atom is -0.495 e. The first-order valence-corrected chi connectivity index (χ1v) is 16.8. The van der Waals surface area contributed by atoms with Crippen LogP contribution in [0.3, 0.4) is 0 Å². The monoisotopic (exact) mass is 645 g/mol. The van der Waals surface area contributed by atoms with Crippen molar-refractivity contribution in [1.82, 2.24) is 10.2 Å². The number of rotatable bonds is 13. The maximum atomic E-state index is 13.7. The number of halogens is 3. The molecule has 1 fully saturated rings. The molecule has 226 valence electrons. The predicted molar refractivity (Wildman–Crippen MR) is 166 cm³/mol. The Morgan fingerprint density at radius 3 is 2.34 bits per heavy atom. The lowest BCUT2D eigenvalue weighted by molar-refractivity contribution is -0.141. The highest BCUT2D eigenvalue weighted by Crippen LogP contribution is 2.31. The van der Waals surface area contributed by atoms with Crippen LogP contribution in [0.15, 0.2) is 36.4 Å². The minimum atomic E-state index is -3.67. The quantitative estimate of drug-likeness (QED) is 0.270. The zero-order valence-corrected chi connectivity index (χ0v) is 26.8. The molecular weight excluding hydrogens is 609 g/mol. The molecule has 2 aromatic carbocycles. The molecule has 1 atom stereocenters. The molecule has 12 heteroatoms. The molecule has 1 aliphatic carbocycles. The van der Waals surface area contributed by atoms with Crippen LogP contribution < -0.4 is 14.4 Å². The van der Waals surface area contributed by atoms with Crippen molar-refractivity contribution in [3.63, 3.8) is 0 Å². The average molecular weight is 647 g/mol. The molecule has 1 N–H and O–H groups in total. The molecule has 2 amide bonds. The van der Waals surface area contributed by atoms with E-state index in [1.165, 1.54) is 17.5 Å². The number of anilines is 1. The van der Waals surface area contributed by atoms with Gasteiger partial charge in [0.15, 0.2) is 0 Å². The molecule has 41 heavy (non-hydrogen) atoms. The predicted octanol–water partition coefficient (Wildman–Crippen LogP) is 6.46. The standard InChI is InChI=1S/C29H38Cl3N3O5S/c1-4-26(29(37)33-22-9-6-5-7-10-22)34(19-20-12-13-21(30)17-24(20)31)28(36)11-8-16-35(41(3,38)39)23-14-15-27(40-2)25(32)18-23/h12-15,17-18,22,26H,4-11,16,19H2,1-3H3,(H,33,37). The summed E-state index contributed by atoms with van der Waals surface area (Å²) in [5, 5.41) is 4.29. The average Bonchev–Trinajstić information content (AvgIpc) is 2.92. The Morgan fingerprint density at radius 1 is 1.05 bits per heavy atom. The Bertz CT molecular complexity index is 1320. The molecular formula is C29H38Cl3N3O5S. The van der Waals surface area contributed by atoms with Gasteiger partial charge in [-0.1, -0.05) is 67.1 Å². The third-order valence-corrected chi connectivity index (χ3v) is 9.35. The van der Waals surface area contributed by atoms with E-state index in [1.54, 1.807) is 35.2 Å². The zero-order valence-electron chi connectivity index (χ0n) is 23.7. The molecule has 1 saturated carbocycles. The summed E-state index contributed by atoms with van der Waals surface area (Å²) in [6.07, 6.45) is 6.92. The van der Waals surface area contributed by atoms with Gasteiger partial charge in [0.1, 0.15) is 11.8 Å². The highest BCUT2D eigenvalue weighted by molar-refractivity contribution is 7.92. The van der Waals surface area contributed by atoms with Gasteiger partial charge in [0, 0.05) is 35.6 Å². The minimum absolute atomic E-state index is 0.0221. The van der Waals surface area contributed by atoms with Gasteiger partial charge in [-0.2, -0.15) is 0 Å². The number of hydrogen-bond donors (Lipinski definition) is 1. The van der Waals surface area contributed by atoms with Gasteiger partial charge < -0.3 is 15.0 Å². The number of amides is 2. The molecule has 8 nitrogen and oxygen atoms in total. The number of carbonyl (C=O) groups is 2. The van der Waals surface area contributed by atoms with E-state index in [0.29, 0.717) is 33.5 Å². The first-order valence-electron chi connectivity index (χ1n) is 13.8. The molecule has 1 unspecified atom stereocenters. The summed E-state index contributed by atoms with van der Waals surface area (Å²) < 4.78 is 31.6. The van der Waals surface area contributed by atoms with Crippen molar-refractivity contribution in [2.24, 2.45) is 0 Å². The van der Waals surface area contributed by atoms with Gasteiger partial charge in [0.2, 0.25) is 21.8 Å². The zero-order chi connectivity index (χ0) is 30.2. The number of carbonyl (C=O) groups excluding carboxylic acids is 2. The van der Waals surface area contributed by atoms with Crippen molar-refractivity contribution in [1.29, 1.82) is 0 Å². The van der Waals surface area contributed by atoms with Crippen LogP contribution in [0.1, 0.15) is 63.9 Å². The number of sulfonamides is 1. The van der Waals surface area contributed by atoms with Gasteiger partial charge in [-0.05, 0) is 61.6 Å². The Morgan fingerprint density at radius 2 is 1.76 bits per heavy atom. The fourth-order valence-corrected chi connectivity index (χ4v) is 6.79. The van der Waals surface area contributed by atoms with E-state index in [-0.39, 0.29) is 48.8 Å². The summed E-state index contributed by atoms with van der Waals surface area (Å²) in [6, 6.07) is 9.15. The number of nitrogens with one attached hydrogen (secondary N) is 1. The maximum absolute atomic E-state index is 13.7. The molecule has 1 aliphatic rings. The number of nitrogens with zero attached hydrogens (tertiary/aromatic N) is 2. The van der Waals surface area contributed by atoms with Gasteiger partial charge >= 0.3 is 0 Å². The summed E-state index contributed by atoms with van der Waals surface area (Å²) >= 11 is 18.8. The van der Waals surface area contributed by atoms with Crippen molar-refractivity contribution < 1.29 is 22.7 Å². The summed E-state index contributed by atoms with van der Waals surface area (Å²) in [6.45, 7) is 2.04. The van der Waals surface area contributed by atoms with E-state index >= 15 is 0 Å². The SMILES string of the molecule is CCC(C(=O)NC1CCCCC1)N(Cc1ccc(Cl)cc1Cl)C(=O)CCCN(c1ccc(OC)c(Cl)c1)S(C)(=O)=O. The molecule has 0 radical (unpaired) electrons. The van der Waals surface area contributed by atoms with Gasteiger partial charge in [-0.3, -0.25) is 13.9 Å². The van der Waals surface area contributed by atoms with Crippen LogP contribution in [0.25, 0.3) is 0 Å². The lowest BCUT2D eigenvalue weighted by Crippen LogP contribution is -2.51. The lowest BCUT2D eigenvalue weighted by Gasteiger charge is -2.33. The van der Waals surface area contributed by atoms with Crippen LogP contribution in [0.4, 0.5) is 5.69 Å². The number of hydrogen-bond acceptors (Lipinski definition) is 5. The van der Waals surface area contributed by atoms with E-state index in [4.69, 9.17) is 39.5 Å². The van der Waals surface area contributed by atoms with E-state index in [1.807, 2.05) is 6.92 Å². The van der Waals surface area contributed by atoms with E-state index in [0.717, 1.165) is 38.4 Å². The van der Waals surface area contributed by atoms with Crippen molar-refractivity contribution in [3.8, 4) is 5.75 Å². The molecule has 0 bridgehead atoms. The summed E-state index contributed by atoms with van der Waals surface area (Å²) in [7, 11) is -2.19. The molecule has 0 spiro atoms. The van der Waals surface area contributed by atoms with E-state index in [9.17, 15) is 18.0 Å². The molecule has 3 rings (SSSR count). The van der Waals surface area contributed by atoms with Gasteiger partial charge in [0.05, 0.1) is 24.1 Å². The Balaban J connectivity index is 1.79. The molecule has 0 aliphatic heterocycles. The number of methoxy groups -OCH3 is 1. The number of ether oxygens (including phenoxy) is 1. The second kappa shape index (κ2) is 15.3. The van der Waals surface area contributed by atoms with Gasteiger partial charge in [0.25, 0.3) is 0 Å². The lowest BCUT2D eigenvalue weighted by atomic mass is 9.95. The van der Waals surface area contributed by atoms with Crippen molar-refractivity contribution in [3.05, 3.63) is 57.0 Å². The molecule has 2 aromatic rings. The largest absolute Gasteiger partial charge is 0.495 e. The highest BCUT2D eigenvalue weighted by Gasteiger charge is 2.31. The Hall–Kier alpha value is -2.20. The van der Waals surface area contributed by atoms with E-state index in [2.05, 4.69) is 5.32 Å². The first-order chi connectivity index (χ1) is 19.4. The second-order valence-corrected chi connectivity index (χ2v) is 13.4. The van der Waals surface area contributed by atoms with Gasteiger partial charge in [-0.25, -0.2) is 8.42 Å². The van der Waals surface area contributed by atoms with Gasteiger partial charge in [-0.15, -0.1) is 0 Å². The van der Waals surface area contributed by atoms with Crippen molar-refractivity contribution in [2.75, 3.05) is 24.2 Å². The van der Waals surface area contributed by atoms with Crippen LogP contribution >= 0.6 is 34.8 Å². The second-order valence-electron chi connectivity index (χ2n) is 10.3. The van der Waals surface area contributed by atoms with Crippen LogP contribution in [0, 0.1) is 0 Å². The first kappa shape index (κ1) is 33.3. The Kier molecular flexibility index (Phi) is 12.4. The fourth-order valence-electron chi connectivity index (χ4n) is 5.11. The summed E-state index contributed by atoms with van der Waals surface area (Å²) in [5.74, 6) is -0.0426. The van der Waals surface area contributed by atoms with Crippen LogP contribution in [0.5, 0.6) is 5.75 Å². The van der Waals surface area contributed by atoms with Crippen LogP contribution in [0.2, 0.25) is 15.1 Å². The summed E-state index contributed by atoms with van der Waals surface area (Å²) in [5.41, 5.74) is 1.04. The third kappa shape index (κ3) is 9.40.